The van der Waals surface area contributed by atoms with Gasteiger partial charge >= 0.3 is 6.18 Å². The Bertz CT molecular complexity index is 1640. The van der Waals surface area contributed by atoms with Crippen LogP contribution in [-0.4, -0.2) is 20.5 Å². The molecule has 0 unspecified atom stereocenters. The van der Waals surface area contributed by atoms with Crippen molar-refractivity contribution in [2.45, 2.75) is 12.7 Å². The summed E-state index contributed by atoms with van der Waals surface area (Å²) in [6.45, 7) is 0.406. The number of anilines is 2. The van der Waals surface area contributed by atoms with Crippen molar-refractivity contribution in [1.82, 2.24) is 14.6 Å². The van der Waals surface area contributed by atoms with Gasteiger partial charge < -0.3 is 10.6 Å². The van der Waals surface area contributed by atoms with E-state index in [1.165, 1.54) is 12.1 Å². The number of benzene rings is 3. The molecule has 0 bridgehead atoms. The van der Waals surface area contributed by atoms with Crippen LogP contribution in [0.1, 0.15) is 21.5 Å². The van der Waals surface area contributed by atoms with Gasteiger partial charge in [0.15, 0.2) is 5.65 Å². The summed E-state index contributed by atoms with van der Waals surface area (Å²) in [5.41, 5.74) is 1.88. The lowest BCUT2D eigenvalue weighted by molar-refractivity contribution is -0.137. The highest BCUT2D eigenvalue weighted by atomic mass is 79.9. The van der Waals surface area contributed by atoms with E-state index >= 15 is 0 Å². The van der Waals surface area contributed by atoms with Crippen LogP contribution < -0.4 is 10.6 Å². The monoisotopic (exact) mass is 599 g/mol. The number of hydrogen-bond donors (Lipinski definition) is 2. The average molecular weight is 601 g/mol. The summed E-state index contributed by atoms with van der Waals surface area (Å²) in [5.74, 6) is -0.156. The second kappa shape index (κ2) is 10.5. The lowest BCUT2D eigenvalue weighted by Crippen LogP contribution is -2.18. The number of amides is 1. The van der Waals surface area contributed by atoms with E-state index in [1.807, 2.05) is 24.3 Å². The molecule has 192 valence electrons. The summed E-state index contributed by atoms with van der Waals surface area (Å²) in [6, 6.07) is 20.7. The lowest BCUT2D eigenvalue weighted by atomic mass is 10.1. The quantitative estimate of drug-likeness (QED) is 0.210. The van der Waals surface area contributed by atoms with Crippen molar-refractivity contribution >= 4 is 50.6 Å². The summed E-state index contributed by atoms with van der Waals surface area (Å²) >= 11 is 9.87. The van der Waals surface area contributed by atoms with Crippen molar-refractivity contribution in [2.75, 3.05) is 10.6 Å². The number of carbonyl (C=O) groups is 1. The van der Waals surface area contributed by atoms with Crippen LogP contribution in [0.2, 0.25) is 5.02 Å². The van der Waals surface area contributed by atoms with Gasteiger partial charge in [0.05, 0.1) is 27.5 Å². The van der Waals surface area contributed by atoms with Gasteiger partial charge in [0.25, 0.3) is 5.91 Å². The third kappa shape index (κ3) is 5.36. The Morgan fingerprint density at radius 2 is 1.71 bits per heavy atom. The first-order valence-corrected chi connectivity index (χ1v) is 12.5. The molecule has 2 heterocycles. The molecule has 0 saturated carbocycles. The standard InChI is InChI=1S/C27H18BrClF3N5O/c28-21-15-34-37-24(13-23(36-25(21)37)19-6-2-4-8-22(19)29)33-14-16-9-11-17(12-10-16)35-26(38)18-5-1-3-7-20(18)27(30,31)32/h1-13,15,33H,14H2,(H,35,38). The van der Waals surface area contributed by atoms with E-state index in [4.69, 9.17) is 11.6 Å². The van der Waals surface area contributed by atoms with Gasteiger partial charge in [0.1, 0.15) is 5.82 Å². The fourth-order valence-electron chi connectivity index (χ4n) is 3.89. The number of fused-ring (bicyclic) bond motifs is 1. The summed E-state index contributed by atoms with van der Waals surface area (Å²) in [4.78, 5) is 17.2. The van der Waals surface area contributed by atoms with Crippen molar-refractivity contribution in [3.05, 3.63) is 111 Å². The van der Waals surface area contributed by atoms with Crippen LogP contribution in [0.4, 0.5) is 24.7 Å². The highest BCUT2D eigenvalue weighted by molar-refractivity contribution is 9.10. The number of alkyl halides is 3. The van der Waals surface area contributed by atoms with E-state index in [-0.39, 0.29) is 0 Å². The molecule has 2 N–H and O–H groups in total. The maximum absolute atomic E-state index is 13.3. The fourth-order valence-corrected chi connectivity index (χ4v) is 4.47. The van der Waals surface area contributed by atoms with Crippen LogP contribution in [0.15, 0.2) is 89.5 Å². The van der Waals surface area contributed by atoms with Gasteiger partial charge in [-0.05, 0) is 51.8 Å². The summed E-state index contributed by atoms with van der Waals surface area (Å²) in [5, 5.41) is 10.8. The Kier molecular flexibility index (Phi) is 7.09. The van der Waals surface area contributed by atoms with Gasteiger partial charge in [-0.15, -0.1) is 0 Å². The Balaban J connectivity index is 1.33. The first-order valence-electron chi connectivity index (χ1n) is 11.3. The third-order valence-electron chi connectivity index (χ3n) is 5.74. The van der Waals surface area contributed by atoms with Crippen LogP contribution in [0.3, 0.4) is 0 Å². The second-order valence-electron chi connectivity index (χ2n) is 8.28. The normalized spacial score (nSPS) is 11.5. The molecule has 2 aromatic heterocycles. The molecule has 0 fully saturated rings. The maximum atomic E-state index is 13.3. The van der Waals surface area contributed by atoms with Gasteiger partial charge in [-0.3, -0.25) is 4.79 Å². The van der Waals surface area contributed by atoms with Crippen LogP contribution in [0, 0.1) is 0 Å². The average Bonchev–Trinajstić information content (AvgIpc) is 3.28. The van der Waals surface area contributed by atoms with E-state index in [0.717, 1.165) is 27.7 Å². The molecule has 0 saturated heterocycles. The Morgan fingerprint density at radius 1 is 1.00 bits per heavy atom. The molecule has 5 rings (SSSR count). The van der Waals surface area contributed by atoms with E-state index < -0.39 is 23.2 Å². The van der Waals surface area contributed by atoms with Crippen LogP contribution in [-0.2, 0) is 12.7 Å². The van der Waals surface area contributed by atoms with Crippen LogP contribution in [0.5, 0.6) is 0 Å². The van der Waals surface area contributed by atoms with E-state index in [9.17, 15) is 18.0 Å². The zero-order chi connectivity index (χ0) is 26.9. The zero-order valence-corrected chi connectivity index (χ0v) is 21.8. The molecule has 0 aliphatic carbocycles. The smallest absolute Gasteiger partial charge is 0.366 e. The van der Waals surface area contributed by atoms with Gasteiger partial charge in [0.2, 0.25) is 0 Å². The molecule has 0 atom stereocenters. The van der Waals surface area contributed by atoms with E-state index in [2.05, 4.69) is 36.6 Å². The van der Waals surface area contributed by atoms with E-state index in [0.29, 0.717) is 34.4 Å². The topological polar surface area (TPSA) is 71.3 Å². The SMILES string of the molecule is O=C(Nc1ccc(CNc2cc(-c3ccccc3Cl)nc3c(Br)cnn23)cc1)c1ccccc1C(F)(F)F. The molecule has 0 aliphatic heterocycles. The number of hydrogen-bond acceptors (Lipinski definition) is 4. The Hall–Kier alpha value is -3.89. The molecule has 11 heteroatoms. The number of nitrogens with zero attached hydrogens (tertiary/aromatic N) is 3. The van der Waals surface area contributed by atoms with Crippen LogP contribution in [0.25, 0.3) is 16.9 Å². The second-order valence-corrected chi connectivity index (χ2v) is 9.54. The van der Waals surface area contributed by atoms with Gasteiger partial charge in [-0.2, -0.15) is 22.8 Å². The van der Waals surface area contributed by atoms with Gasteiger partial charge in [-0.1, -0.05) is 54.1 Å². The van der Waals surface area contributed by atoms with Crippen molar-refractivity contribution in [1.29, 1.82) is 0 Å². The summed E-state index contributed by atoms with van der Waals surface area (Å²) < 4.78 is 42.2. The van der Waals surface area contributed by atoms with Crippen molar-refractivity contribution in [2.24, 2.45) is 0 Å². The molecule has 6 nitrogen and oxygen atoms in total. The number of aromatic nitrogens is 3. The van der Waals surface area contributed by atoms with Crippen LogP contribution >= 0.6 is 27.5 Å². The first-order chi connectivity index (χ1) is 18.2. The largest absolute Gasteiger partial charge is 0.417 e. The predicted molar refractivity (Wildman–Crippen MR) is 144 cm³/mol. The number of carbonyl (C=O) groups excluding carboxylic acids is 1. The Labute approximate surface area is 228 Å². The molecule has 0 radical (unpaired) electrons. The molecular weight excluding hydrogens is 583 g/mol. The molecule has 0 spiro atoms. The molecule has 3 aromatic carbocycles. The molecule has 0 aliphatic rings. The van der Waals surface area contributed by atoms with Crippen molar-refractivity contribution in [3.63, 3.8) is 0 Å². The van der Waals surface area contributed by atoms with E-state index in [1.54, 1.807) is 41.0 Å². The molecular formula is C27H18BrClF3N5O. The number of nitrogens with one attached hydrogen (secondary N) is 2. The number of rotatable bonds is 6. The maximum Gasteiger partial charge on any atom is 0.417 e. The minimum atomic E-state index is -4.63. The first kappa shape index (κ1) is 25.7. The minimum Gasteiger partial charge on any atom is -0.366 e. The minimum absolute atomic E-state index is 0.374. The highest BCUT2D eigenvalue weighted by Gasteiger charge is 2.34. The summed E-state index contributed by atoms with van der Waals surface area (Å²) in [6.07, 6.45) is -2.98. The Morgan fingerprint density at radius 3 is 2.45 bits per heavy atom. The van der Waals surface area contributed by atoms with Crippen molar-refractivity contribution in [3.8, 4) is 11.3 Å². The lowest BCUT2D eigenvalue weighted by Gasteiger charge is -2.13. The summed E-state index contributed by atoms with van der Waals surface area (Å²) in [7, 11) is 0. The zero-order valence-electron chi connectivity index (χ0n) is 19.4. The van der Waals surface area contributed by atoms with Gasteiger partial charge in [-0.25, -0.2) is 4.98 Å². The molecule has 5 aromatic rings. The molecule has 1 amide bonds. The molecule has 38 heavy (non-hydrogen) atoms. The predicted octanol–water partition coefficient (Wildman–Crippen LogP) is 7.70. The highest BCUT2D eigenvalue weighted by Crippen LogP contribution is 2.33. The van der Waals surface area contributed by atoms with Crippen molar-refractivity contribution < 1.29 is 18.0 Å². The fraction of sp³-hybridized carbons (Fsp3) is 0.0741. The third-order valence-corrected chi connectivity index (χ3v) is 6.63. The number of halogens is 5. The van der Waals surface area contributed by atoms with Gasteiger partial charge in [0, 0.05) is 28.9 Å².